The highest BCUT2D eigenvalue weighted by molar-refractivity contribution is 4.92. The van der Waals surface area contributed by atoms with E-state index in [2.05, 4.69) is 20.4 Å². The quantitative estimate of drug-likeness (QED) is 0.780. The summed E-state index contributed by atoms with van der Waals surface area (Å²) in [6.07, 6.45) is 4.40. The highest BCUT2D eigenvalue weighted by Crippen LogP contribution is 2.27. The normalized spacial score (nSPS) is 33.2. The van der Waals surface area contributed by atoms with Crippen molar-refractivity contribution < 1.29 is 0 Å². The van der Waals surface area contributed by atoms with Crippen molar-refractivity contribution >= 4 is 0 Å². The molecule has 2 fully saturated rings. The van der Waals surface area contributed by atoms with Crippen molar-refractivity contribution in [1.82, 2.24) is 25.0 Å². The van der Waals surface area contributed by atoms with E-state index >= 15 is 0 Å². The molecule has 2 bridgehead atoms. The van der Waals surface area contributed by atoms with E-state index in [0.717, 1.165) is 18.3 Å². The highest BCUT2D eigenvalue weighted by atomic mass is 15.3. The first kappa shape index (κ1) is 10.2. The summed E-state index contributed by atoms with van der Waals surface area (Å²) < 4.78 is 1.98. The van der Waals surface area contributed by atoms with Gasteiger partial charge in [0.15, 0.2) is 0 Å². The first-order chi connectivity index (χ1) is 7.83. The number of aromatic nitrogens is 3. The molecule has 3 rings (SSSR count). The summed E-state index contributed by atoms with van der Waals surface area (Å²) in [5.74, 6) is 1.88. The molecule has 0 aromatic carbocycles. The molecule has 0 amide bonds. The van der Waals surface area contributed by atoms with Crippen LogP contribution in [0.25, 0.3) is 0 Å². The van der Waals surface area contributed by atoms with Crippen LogP contribution >= 0.6 is 0 Å². The van der Waals surface area contributed by atoms with Gasteiger partial charge in [-0.3, -0.25) is 0 Å². The molecule has 16 heavy (non-hydrogen) atoms. The highest BCUT2D eigenvalue weighted by Gasteiger charge is 2.33. The standard InChI is InChI=1S/C11H19N5/c1-15-8-13-14-11(15)6-12-10-3-5-16-4-2-9(10)7-16/h8-10,12H,2-7H2,1H3. The summed E-state index contributed by atoms with van der Waals surface area (Å²) in [6.45, 7) is 4.69. The van der Waals surface area contributed by atoms with Gasteiger partial charge in [0, 0.05) is 19.6 Å². The molecular formula is C11H19N5. The second-order valence-corrected chi connectivity index (χ2v) is 4.98. The molecule has 2 aliphatic heterocycles. The predicted molar refractivity (Wildman–Crippen MR) is 60.8 cm³/mol. The SMILES string of the molecule is Cn1cnnc1CNC1CCN2CCC1C2. The first-order valence-electron chi connectivity index (χ1n) is 6.11. The van der Waals surface area contributed by atoms with Gasteiger partial charge in [0.05, 0.1) is 6.54 Å². The number of nitrogens with zero attached hydrogens (tertiary/aromatic N) is 4. The van der Waals surface area contributed by atoms with E-state index in [1.54, 1.807) is 6.33 Å². The summed E-state index contributed by atoms with van der Waals surface area (Å²) in [4.78, 5) is 2.57. The third kappa shape index (κ3) is 1.85. The number of nitrogens with one attached hydrogen (secondary N) is 1. The van der Waals surface area contributed by atoms with Crippen molar-refractivity contribution in [2.24, 2.45) is 13.0 Å². The molecule has 0 radical (unpaired) electrons. The molecule has 0 spiro atoms. The third-order valence-corrected chi connectivity index (χ3v) is 3.96. The Balaban J connectivity index is 1.57. The summed E-state index contributed by atoms with van der Waals surface area (Å²) in [7, 11) is 2.00. The van der Waals surface area contributed by atoms with Crippen molar-refractivity contribution in [3.63, 3.8) is 0 Å². The van der Waals surface area contributed by atoms with Gasteiger partial charge in [0.25, 0.3) is 0 Å². The van der Waals surface area contributed by atoms with Gasteiger partial charge < -0.3 is 14.8 Å². The Hall–Kier alpha value is -0.940. The Labute approximate surface area is 95.8 Å². The van der Waals surface area contributed by atoms with Crippen LogP contribution in [0.3, 0.4) is 0 Å². The largest absolute Gasteiger partial charge is 0.320 e. The van der Waals surface area contributed by atoms with Gasteiger partial charge in [-0.2, -0.15) is 0 Å². The number of rotatable bonds is 3. The summed E-state index contributed by atoms with van der Waals surface area (Å²) >= 11 is 0. The van der Waals surface area contributed by atoms with Crippen molar-refractivity contribution in [3.05, 3.63) is 12.2 Å². The Morgan fingerprint density at radius 3 is 3.12 bits per heavy atom. The van der Waals surface area contributed by atoms with Crippen LogP contribution in [0.1, 0.15) is 18.7 Å². The molecule has 2 saturated heterocycles. The molecule has 0 aliphatic carbocycles. The summed E-state index contributed by atoms with van der Waals surface area (Å²) in [6, 6.07) is 0.676. The molecule has 88 valence electrons. The number of aryl methyl sites for hydroxylation is 1. The van der Waals surface area contributed by atoms with Crippen LogP contribution in [0.4, 0.5) is 0 Å². The fraction of sp³-hybridized carbons (Fsp3) is 0.818. The fourth-order valence-corrected chi connectivity index (χ4v) is 2.91. The van der Waals surface area contributed by atoms with Crippen molar-refractivity contribution in [2.45, 2.75) is 25.4 Å². The summed E-state index contributed by atoms with van der Waals surface area (Å²) in [5.41, 5.74) is 0. The van der Waals surface area contributed by atoms with E-state index < -0.39 is 0 Å². The lowest BCUT2D eigenvalue weighted by atomic mass is 9.94. The minimum atomic E-state index is 0.676. The molecule has 5 nitrogen and oxygen atoms in total. The average Bonchev–Trinajstić information content (AvgIpc) is 2.86. The number of fused-ring (bicyclic) bond motifs is 2. The molecule has 2 aliphatic rings. The van der Waals surface area contributed by atoms with Crippen LogP contribution in [0.2, 0.25) is 0 Å². The molecule has 3 unspecified atom stereocenters. The Kier molecular flexibility index (Phi) is 2.65. The molecule has 1 aromatic rings. The van der Waals surface area contributed by atoms with Crippen LogP contribution in [0, 0.1) is 5.92 Å². The van der Waals surface area contributed by atoms with E-state index in [9.17, 15) is 0 Å². The van der Waals surface area contributed by atoms with Gasteiger partial charge in [0.2, 0.25) is 0 Å². The Bertz CT molecular complexity index is 361. The topological polar surface area (TPSA) is 46.0 Å². The van der Waals surface area contributed by atoms with Crippen molar-refractivity contribution in [2.75, 3.05) is 19.6 Å². The van der Waals surface area contributed by atoms with E-state index in [1.165, 1.54) is 32.5 Å². The fourth-order valence-electron chi connectivity index (χ4n) is 2.91. The molecule has 5 heteroatoms. The average molecular weight is 221 g/mol. The maximum absolute atomic E-state index is 4.10. The lowest BCUT2D eigenvalue weighted by Gasteiger charge is -2.30. The molecule has 3 atom stereocenters. The lowest BCUT2D eigenvalue weighted by molar-refractivity contribution is 0.219. The zero-order valence-corrected chi connectivity index (χ0v) is 9.76. The molecule has 1 N–H and O–H groups in total. The smallest absolute Gasteiger partial charge is 0.146 e. The molecule has 0 saturated carbocycles. The second-order valence-electron chi connectivity index (χ2n) is 4.98. The van der Waals surface area contributed by atoms with Gasteiger partial charge in [0.1, 0.15) is 12.2 Å². The van der Waals surface area contributed by atoms with E-state index in [-0.39, 0.29) is 0 Å². The van der Waals surface area contributed by atoms with Gasteiger partial charge in [-0.15, -0.1) is 10.2 Å². The minimum Gasteiger partial charge on any atom is -0.320 e. The number of hydrogen-bond acceptors (Lipinski definition) is 4. The van der Waals surface area contributed by atoms with Gasteiger partial charge in [-0.1, -0.05) is 0 Å². The number of piperidine rings is 1. The van der Waals surface area contributed by atoms with E-state index in [1.807, 2.05) is 11.6 Å². The Morgan fingerprint density at radius 2 is 2.31 bits per heavy atom. The summed E-state index contributed by atoms with van der Waals surface area (Å²) in [5, 5.41) is 11.6. The lowest BCUT2D eigenvalue weighted by Crippen LogP contribution is -2.43. The van der Waals surface area contributed by atoms with Crippen LogP contribution < -0.4 is 5.32 Å². The maximum atomic E-state index is 4.10. The van der Waals surface area contributed by atoms with E-state index in [0.29, 0.717) is 6.04 Å². The zero-order chi connectivity index (χ0) is 11.0. The van der Waals surface area contributed by atoms with Gasteiger partial charge in [-0.25, -0.2) is 0 Å². The molecule has 1 aromatic heterocycles. The van der Waals surface area contributed by atoms with Gasteiger partial charge >= 0.3 is 0 Å². The van der Waals surface area contributed by atoms with Crippen LogP contribution in [-0.2, 0) is 13.6 Å². The minimum absolute atomic E-state index is 0.676. The Morgan fingerprint density at radius 1 is 1.44 bits per heavy atom. The van der Waals surface area contributed by atoms with Crippen molar-refractivity contribution in [1.29, 1.82) is 0 Å². The van der Waals surface area contributed by atoms with Crippen LogP contribution in [0.5, 0.6) is 0 Å². The van der Waals surface area contributed by atoms with Crippen LogP contribution in [-0.4, -0.2) is 45.3 Å². The van der Waals surface area contributed by atoms with Crippen LogP contribution in [0.15, 0.2) is 6.33 Å². The second kappa shape index (κ2) is 4.14. The molecule has 3 heterocycles. The zero-order valence-electron chi connectivity index (χ0n) is 9.76. The first-order valence-corrected chi connectivity index (χ1v) is 6.11. The van der Waals surface area contributed by atoms with Gasteiger partial charge in [-0.05, 0) is 31.8 Å². The van der Waals surface area contributed by atoms with E-state index in [4.69, 9.17) is 0 Å². The monoisotopic (exact) mass is 221 g/mol. The van der Waals surface area contributed by atoms with Crippen molar-refractivity contribution in [3.8, 4) is 0 Å². The predicted octanol–water partition coefficient (Wildman–Crippen LogP) is -0.00110. The third-order valence-electron chi connectivity index (χ3n) is 3.96. The maximum Gasteiger partial charge on any atom is 0.146 e. The molecular weight excluding hydrogens is 202 g/mol. The number of hydrogen-bond donors (Lipinski definition) is 1.